The third-order valence-corrected chi connectivity index (χ3v) is 4.25. The molecule has 132 valence electrons. The van der Waals surface area contributed by atoms with Gasteiger partial charge in [0.05, 0.1) is 0 Å². The Morgan fingerprint density at radius 3 is 2.35 bits per heavy atom. The van der Waals surface area contributed by atoms with Crippen LogP contribution in [0.25, 0.3) is 0 Å². The van der Waals surface area contributed by atoms with Gasteiger partial charge in [-0.2, -0.15) is 0 Å². The molecular formula is C21H22N4O. The average molecular weight is 346 g/mol. The van der Waals surface area contributed by atoms with Crippen LogP contribution in [-0.2, 0) is 0 Å². The molecule has 1 heterocycles. The summed E-state index contributed by atoms with van der Waals surface area (Å²) in [5, 5.41) is 3.31. The first-order valence-corrected chi connectivity index (χ1v) is 8.62. The lowest BCUT2D eigenvalue weighted by Gasteiger charge is -2.20. The minimum Gasteiger partial charge on any atom is -0.340 e. The molecule has 0 unspecified atom stereocenters. The van der Waals surface area contributed by atoms with Crippen LogP contribution in [-0.4, -0.2) is 22.4 Å². The molecule has 0 bridgehead atoms. The van der Waals surface area contributed by atoms with Crippen LogP contribution in [0, 0.1) is 13.8 Å². The number of aryl methyl sites for hydroxylation is 2. The molecule has 5 nitrogen and oxygen atoms in total. The molecule has 3 rings (SSSR count). The molecule has 1 N–H and O–H groups in total. The van der Waals surface area contributed by atoms with Gasteiger partial charge in [0.1, 0.15) is 17.8 Å². The Morgan fingerprint density at radius 1 is 1.00 bits per heavy atom. The number of nitrogens with zero attached hydrogens (tertiary/aromatic N) is 3. The zero-order valence-corrected chi connectivity index (χ0v) is 15.2. The van der Waals surface area contributed by atoms with E-state index in [1.54, 1.807) is 11.0 Å². The predicted octanol–water partition coefficient (Wildman–Crippen LogP) is 4.50. The lowest BCUT2D eigenvalue weighted by molar-refractivity contribution is 0.0983. The van der Waals surface area contributed by atoms with Crippen LogP contribution in [0.2, 0.25) is 0 Å². The number of amides is 1. The molecule has 1 aromatic heterocycles. The molecule has 3 aromatic rings. The molecule has 0 spiro atoms. The molecule has 0 aliphatic carbocycles. The van der Waals surface area contributed by atoms with Crippen molar-refractivity contribution in [3.63, 3.8) is 0 Å². The first kappa shape index (κ1) is 17.6. The molecule has 0 radical (unpaired) electrons. The van der Waals surface area contributed by atoms with Gasteiger partial charge in [0.15, 0.2) is 0 Å². The summed E-state index contributed by atoms with van der Waals surface area (Å²) in [7, 11) is 0. The van der Waals surface area contributed by atoms with Crippen molar-refractivity contribution in [3.8, 4) is 0 Å². The van der Waals surface area contributed by atoms with E-state index >= 15 is 0 Å². The topological polar surface area (TPSA) is 58.1 Å². The Hall–Kier alpha value is -3.21. The molecule has 1 amide bonds. The molecule has 0 aliphatic rings. The number of rotatable bonds is 5. The van der Waals surface area contributed by atoms with Crippen molar-refractivity contribution in [3.05, 3.63) is 77.7 Å². The van der Waals surface area contributed by atoms with E-state index in [9.17, 15) is 4.79 Å². The minimum absolute atomic E-state index is 0.148. The van der Waals surface area contributed by atoms with Crippen molar-refractivity contribution in [2.75, 3.05) is 16.8 Å². The highest BCUT2D eigenvalue weighted by Crippen LogP contribution is 2.24. The van der Waals surface area contributed by atoms with Gasteiger partial charge in [-0.15, -0.1) is 0 Å². The Balaban J connectivity index is 1.88. The highest BCUT2D eigenvalue weighted by molar-refractivity contribution is 6.05. The second kappa shape index (κ2) is 7.78. The van der Waals surface area contributed by atoms with Crippen LogP contribution in [0.3, 0.4) is 0 Å². The number of carbonyl (C=O) groups excluding carboxylic acids is 1. The number of benzene rings is 2. The molecule has 2 aromatic carbocycles. The Labute approximate surface area is 153 Å². The summed E-state index contributed by atoms with van der Waals surface area (Å²) in [5.41, 5.74) is 4.45. The zero-order valence-electron chi connectivity index (χ0n) is 15.2. The quantitative estimate of drug-likeness (QED) is 0.739. The Bertz CT molecular complexity index is 889. The minimum atomic E-state index is -0.148. The van der Waals surface area contributed by atoms with Gasteiger partial charge < -0.3 is 10.2 Å². The lowest BCUT2D eigenvalue weighted by Crippen LogP contribution is -2.31. The summed E-state index contributed by atoms with van der Waals surface area (Å²) in [6, 6.07) is 17.4. The maximum Gasteiger partial charge on any atom is 0.277 e. The van der Waals surface area contributed by atoms with Crippen molar-refractivity contribution < 1.29 is 4.79 Å². The fraction of sp³-hybridized carbons (Fsp3) is 0.190. The van der Waals surface area contributed by atoms with E-state index < -0.39 is 0 Å². The van der Waals surface area contributed by atoms with Gasteiger partial charge in [0, 0.05) is 24.0 Å². The highest BCUT2D eigenvalue weighted by Gasteiger charge is 2.18. The molecule has 5 heteroatoms. The van der Waals surface area contributed by atoms with Gasteiger partial charge in [0.2, 0.25) is 0 Å². The second-order valence-electron chi connectivity index (χ2n) is 6.07. The van der Waals surface area contributed by atoms with Crippen molar-refractivity contribution >= 4 is 23.1 Å². The van der Waals surface area contributed by atoms with Gasteiger partial charge in [0.25, 0.3) is 5.91 Å². The maximum absolute atomic E-state index is 12.9. The van der Waals surface area contributed by atoms with Gasteiger partial charge in [-0.05, 0) is 44.0 Å². The van der Waals surface area contributed by atoms with Gasteiger partial charge >= 0.3 is 0 Å². The van der Waals surface area contributed by atoms with Crippen LogP contribution in [0.15, 0.2) is 60.9 Å². The Kier molecular flexibility index (Phi) is 5.27. The van der Waals surface area contributed by atoms with E-state index in [1.165, 1.54) is 6.33 Å². The van der Waals surface area contributed by atoms with Crippen LogP contribution < -0.4 is 10.2 Å². The fourth-order valence-electron chi connectivity index (χ4n) is 2.87. The molecule has 0 saturated carbocycles. The summed E-state index contributed by atoms with van der Waals surface area (Å²) in [6.45, 7) is 6.59. The molecule has 0 atom stereocenters. The van der Waals surface area contributed by atoms with E-state index in [2.05, 4.69) is 15.3 Å². The summed E-state index contributed by atoms with van der Waals surface area (Å²) in [6.07, 6.45) is 1.42. The third-order valence-electron chi connectivity index (χ3n) is 4.25. The number of carbonyl (C=O) groups is 1. The molecule has 0 saturated heterocycles. The maximum atomic E-state index is 12.9. The first-order valence-electron chi connectivity index (χ1n) is 8.62. The van der Waals surface area contributed by atoms with E-state index in [0.29, 0.717) is 18.1 Å². The van der Waals surface area contributed by atoms with Crippen LogP contribution in [0.4, 0.5) is 17.2 Å². The molecular weight excluding hydrogens is 324 g/mol. The van der Waals surface area contributed by atoms with E-state index in [1.807, 2.05) is 69.3 Å². The van der Waals surface area contributed by atoms with Crippen LogP contribution >= 0.6 is 0 Å². The SMILES string of the molecule is CCN(C(=O)c1cc(Nc2c(C)cccc2C)ncn1)c1ccccc1. The van der Waals surface area contributed by atoms with Crippen molar-refractivity contribution in [2.45, 2.75) is 20.8 Å². The number of para-hydroxylation sites is 2. The third kappa shape index (κ3) is 3.72. The summed E-state index contributed by atoms with van der Waals surface area (Å²) in [4.78, 5) is 23.1. The van der Waals surface area contributed by atoms with E-state index in [0.717, 1.165) is 22.5 Å². The average Bonchev–Trinajstić information content (AvgIpc) is 2.66. The molecule has 0 aliphatic heterocycles. The monoisotopic (exact) mass is 346 g/mol. The summed E-state index contributed by atoms with van der Waals surface area (Å²) >= 11 is 0. The number of nitrogens with one attached hydrogen (secondary N) is 1. The largest absolute Gasteiger partial charge is 0.340 e. The number of aromatic nitrogens is 2. The van der Waals surface area contributed by atoms with E-state index in [-0.39, 0.29) is 5.91 Å². The summed E-state index contributed by atoms with van der Waals surface area (Å²) < 4.78 is 0. The smallest absolute Gasteiger partial charge is 0.277 e. The van der Waals surface area contributed by atoms with Crippen molar-refractivity contribution in [1.29, 1.82) is 0 Å². The van der Waals surface area contributed by atoms with Gasteiger partial charge in [-0.1, -0.05) is 36.4 Å². The second-order valence-corrected chi connectivity index (χ2v) is 6.07. The van der Waals surface area contributed by atoms with Crippen molar-refractivity contribution in [1.82, 2.24) is 9.97 Å². The molecule has 0 fully saturated rings. The van der Waals surface area contributed by atoms with Crippen molar-refractivity contribution in [2.24, 2.45) is 0 Å². The molecule has 26 heavy (non-hydrogen) atoms. The predicted molar refractivity (Wildman–Crippen MR) is 105 cm³/mol. The number of hydrogen-bond acceptors (Lipinski definition) is 4. The Morgan fingerprint density at radius 2 is 1.69 bits per heavy atom. The fourth-order valence-corrected chi connectivity index (χ4v) is 2.87. The number of hydrogen-bond donors (Lipinski definition) is 1. The number of anilines is 3. The van der Waals surface area contributed by atoms with Crippen LogP contribution in [0.1, 0.15) is 28.5 Å². The van der Waals surface area contributed by atoms with E-state index in [4.69, 9.17) is 0 Å². The highest BCUT2D eigenvalue weighted by atomic mass is 16.2. The van der Waals surface area contributed by atoms with Gasteiger partial charge in [-0.3, -0.25) is 4.79 Å². The summed E-state index contributed by atoms with van der Waals surface area (Å²) in [5.74, 6) is 0.454. The lowest BCUT2D eigenvalue weighted by atomic mass is 10.1. The normalized spacial score (nSPS) is 10.4. The van der Waals surface area contributed by atoms with Crippen LogP contribution in [0.5, 0.6) is 0 Å². The first-order chi connectivity index (χ1) is 12.6. The zero-order chi connectivity index (χ0) is 18.5. The standard InChI is InChI=1S/C21H22N4O/c1-4-25(17-11-6-5-7-12-17)21(26)18-13-19(23-14-22-18)24-20-15(2)9-8-10-16(20)3/h5-14H,4H2,1-3H3,(H,22,23,24). The van der Waals surface area contributed by atoms with Gasteiger partial charge in [-0.25, -0.2) is 9.97 Å².